The molecule has 3 aromatic rings. The van der Waals surface area contributed by atoms with E-state index in [4.69, 9.17) is 4.74 Å². The molecule has 2 N–H and O–H groups in total. The predicted octanol–water partition coefficient (Wildman–Crippen LogP) is 2.26. The van der Waals surface area contributed by atoms with E-state index in [0.717, 1.165) is 18.4 Å². The first-order valence-corrected chi connectivity index (χ1v) is 11.9. The number of carbonyl (C=O) groups excluding carboxylic acids is 1. The first kappa shape index (κ1) is 22.2. The molecule has 9 heteroatoms. The largest absolute Gasteiger partial charge is 0.376 e. The quantitative estimate of drug-likeness (QED) is 0.568. The van der Waals surface area contributed by atoms with Gasteiger partial charge in [0.05, 0.1) is 11.0 Å². The summed E-state index contributed by atoms with van der Waals surface area (Å²) in [6.07, 6.45) is 3.13. The molecule has 2 heterocycles. The van der Waals surface area contributed by atoms with Gasteiger partial charge in [0.15, 0.2) is 0 Å². The van der Waals surface area contributed by atoms with E-state index in [1.165, 1.54) is 35.7 Å². The van der Waals surface area contributed by atoms with Crippen molar-refractivity contribution in [3.05, 3.63) is 76.1 Å². The molecule has 168 valence electrons. The van der Waals surface area contributed by atoms with Crippen molar-refractivity contribution in [1.29, 1.82) is 0 Å². The highest BCUT2D eigenvalue weighted by Crippen LogP contribution is 2.20. The van der Waals surface area contributed by atoms with E-state index in [1.807, 2.05) is 30.3 Å². The average molecular weight is 456 g/mol. The van der Waals surface area contributed by atoms with E-state index in [9.17, 15) is 18.0 Å². The van der Waals surface area contributed by atoms with Crippen molar-refractivity contribution in [1.82, 2.24) is 14.6 Å². The fourth-order valence-corrected chi connectivity index (χ4v) is 4.93. The summed E-state index contributed by atoms with van der Waals surface area (Å²) in [6, 6.07) is 13.6. The molecular formula is C23H25N3O5S. The van der Waals surface area contributed by atoms with Crippen LogP contribution in [0.15, 0.2) is 64.4 Å². The summed E-state index contributed by atoms with van der Waals surface area (Å²) < 4.78 is 32.9. The molecule has 1 fully saturated rings. The van der Waals surface area contributed by atoms with Crippen molar-refractivity contribution < 1.29 is 17.9 Å². The number of H-pyrrole nitrogens is 1. The lowest BCUT2D eigenvalue weighted by Crippen LogP contribution is -2.34. The molecule has 0 unspecified atom stereocenters. The van der Waals surface area contributed by atoms with E-state index >= 15 is 0 Å². The van der Waals surface area contributed by atoms with Gasteiger partial charge >= 0.3 is 0 Å². The van der Waals surface area contributed by atoms with E-state index < -0.39 is 21.4 Å². The summed E-state index contributed by atoms with van der Waals surface area (Å²) >= 11 is 0. The second-order valence-corrected chi connectivity index (χ2v) is 9.88. The van der Waals surface area contributed by atoms with Crippen LogP contribution in [0.25, 0.3) is 10.9 Å². The zero-order valence-electron chi connectivity index (χ0n) is 17.7. The van der Waals surface area contributed by atoms with E-state index in [0.29, 0.717) is 18.7 Å². The van der Waals surface area contributed by atoms with E-state index in [1.54, 1.807) is 0 Å². The predicted molar refractivity (Wildman–Crippen MR) is 121 cm³/mol. The summed E-state index contributed by atoms with van der Waals surface area (Å²) in [6.45, 7) is 1.20. The van der Waals surface area contributed by atoms with Crippen LogP contribution in [0.1, 0.15) is 28.8 Å². The van der Waals surface area contributed by atoms with Gasteiger partial charge in [0.25, 0.3) is 5.91 Å². The Labute approximate surface area is 186 Å². The number of pyridine rings is 1. The molecule has 1 aliphatic heterocycles. The third-order valence-corrected chi connectivity index (χ3v) is 7.37. The van der Waals surface area contributed by atoms with Gasteiger partial charge in [0, 0.05) is 43.8 Å². The Kier molecular flexibility index (Phi) is 6.40. The van der Waals surface area contributed by atoms with Crippen LogP contribution in [-0.2, 0) is 21.3 Å². The molecule has 8 nitrogen and oxygen atoms in total. The summed E-state index contributed by atoms with van der Waals surface area (Å²) in [7, 11) is -2.34. The highest BCUT2D eigenvalue weighted by atomic mass is 32.2. The number of ether oxygens (including phenoxy) is 1. The van der Waals surface area contributed by atoms with E-state index in [-0.39, 0.29) is 28.5 Å². The number of aromatic amines is 1. The van der Waals surface area contributed by atoms with Crippen LogP contribution < -0.4 is 10.7 Å². The number of sulfonamides is 1. The fourth-order valence-electron chi connectivity index (χ4n) is 3.74. The summed E-state index contributed by atoms with van der Waals surface area (Å²) in [5, 5.41) is 2.87. The number of fused-ring (bicyclic) bond motifs is 1. The maximum absolute atomic E-state index is 13.1. The summed E-state index contributed by atoms with van der Waals surface area (Å²) in [5.74, 6) is -0.516. The maximum atomic E-state index is 13.1. The van der Waals surface area contributed by atoms with Gasteiger partial charge in [0.1, 0.15) is 5.56 Å². The molecule has 1 saturated heterocycles. The zero-order valence-corrected chi connectivity index (χ0v) is 18.5. The number of carbonyl (C=O) groups is 1. The Morgan fingerprint density at radius 1 is 1.22 bits per heavy atom. The van der Waals surface area contributed by atoms with Crippen LogP contribution in [0, 0.1) is 0 Å². The molecule has 0 radical (unpaired) electrons. The van der Waals surface area contributed by atoms with Crippen LogP contribution in [0.2, 0.25) is 0 Å². The first-order chi connectivity index (χ1) is 15.4. The lowest BCUT2D eigenvalue weighted by Gasteiger charge is -2.17. The Balaban J connectivity index is 1.60. The summed E-state index contributed by atoms with van der Waals surface area (Å²) in [4.78, 5) is 28.4. The standard InChI is InChI=1S/C23H25N3O5S/c1-26(15-16-6-3-2-4-7-16)32(29,30)18-9-10-21-19(12-18)22(27)20(14-24-21)23(28)25-13-17-8-5-11-31-17/h2-4,6-7,9-10,12,14,17H,5,8,11,13,15H2,1H3,(H,24,27)(H,25,28)/t17-/m1/s1. The van der Waals surface area contributed by atoms with Gasteiger partial charge in [-0.25, -0.2) is 8.42 Å². The van der Waals surface area contributed by atoms with Crippen LogP contribution in [0.3, 0.4) is 0 Å². The minimum atomic E-state index is -3.84. The number of benzene rings is 2. The lowest BCUT2D eigenvalue weighted by atomic mass is 10.1. The Bertz CT molecular complexity index is 1280. The number of nitrogens with zero attached hydrogens (tertiary/aromatic N) is 1. The topological polar surface area (TPSA) is 109 Å². The minimum absolute atomic E-state index is 0.00848. The van der Waals surface area contributed by atoms with Gasteiger partial charge < -0.3 is 15.0 Å². The Morgan fingerprint density at radius 3 is 2.72 bits per heavy atom. The van der Waals surface area contributed by atoms with Crippen molar-refractivity contribution in [2.45, 2.75) is 30.4 Å². The number of hydrogen-bond donors (Lipinski definition) is 2. The molecule has 1 amide bonds. The molecule has 0 saturated carbocycles. The highest BCUT2D eigenvalue weighted by molar-refractivity contribution is 7.89. The number of nitrogens with one attached hydrogen (secondary N) is 2. The van der Waals surface area contributed by atoms with Gasteiger partial charge in [-0.2, -0.15) is 4.31 Å². The number of amides is 1. The Hall–Kier alpha value is -3.01. The average Bonchev–Trinajstić information content (AvgIpc) is 3.32. The second kappa shape index (κ2) is 9.23. The van der Waals surface area contributed by atoms with Gasteiger partial charge in [-0.1, -0.05) is 30.3 Å². The van der Waals surface area contributed by atoms with Gasteiger partial charge in [-0.05, 0) is 36.6 Å². The van der Waals surface area contributed by atoms with Gasteiger partial charge in [0.2, 0.25) is 15.5 Å². The smallest absolute Gasteiger partial charge is 0.256 e. The fraction of sp³-hybridized carbons (Fsp3) is 0.304. The monoisotopic (exact) mass is 455 g/mol. The molecule has 4 rings (SSSR count). The molecule has 2 aromatic carbocycles. The minimum Gasteiger partial charge on any atom is -0.376 e. The normalized spacial score (nSPS) is 16.5. The zero-order chi connectivity index (χ0) is 22.7. The van der Waals surface area contributed by atoms with Crippen LogP contribution in [-0.4, -0.2) is 49.9 Å². The van der Waals surface area contributed by atoms with Crippen molar-refractivity contribution in [3.63, 3.8) is 0 Å². The van der Waals surface area contributed by atoms with Crippen molar-refractivity contribution >= 4 is 26.8 Å². The van der Waals surface area contributed by atoms with Crippen molar-refractivity contribution in [3.8, 4) is 0 Å². The van der Waals surface area contributed by atoms with Crippen LogP contribution in [0.5, 0.6) is 0 Å². The molecule has 0 bridgehead atoms. The molecule has 1 aliphatic rings. The third kappa shape index (κ3) is 4.59. The maximum Gasteiger partial charge on any atom is 0.256 e. The molecular weight excluding hydrogens is 430 g/mol. The van der Waals surface area contributed by atoms with Crippen LogP contribution in [0.4, 0.5) is 0 Å². The SMILES string of the molecule is CN(Cc1ccccc1)S(=O)(=O)c1ccc2[nH]cc(C(=O)NC[C@H]3CCCO3)c(=O)c2c1. The third-order valence-electron chi connectivity index (χ3n) is 5.57. The molecule has 1 aromatic heterocycles. The molecule has 1 atom stereocenters. The number of aromatic nitrogens is 1. The van der Waals surface area contributed by atoms with Gasteiger partial charge in [-0.3, -0.25) is 9.59 Å². The van der Waals surface area contributed by atoms with Crippen molar-refractivity contribution in [2.75, 3.05) is 20.2 Å². The Morgan fingerprint density at radius 2 is 2.00 bits per heavy atom. The highest BCUT2D eigenvalue weighted by Gasteiger charge is 2.23. The molecule has 0 spiro atoms. The first-order valence-electron chi connectivity index (χ1n) is 10.4. The summed E-state index contributed by atoms with van der Waals surface area (Å²) in [5.41, 5.74) is 0.715. The second-order valence-electron chi connectivity index (χ2n) is 7.83. The lowest BCUT2D eigenvalue weighted by molar-refractivity contribution is 0.0857. The molecule has 32 heavy (non-hydrogen) atoms. The molecule has 0 aliphatic carbocycles. The van der Waals surface area contributed by atoms with Gasteiger partial charge in [-0.15, -0.1) is 0 Å². The van der Waals surface area contributed by atoms with Crippen molar-refractivity contribution in [2.24, 2.45) is 0 Å². The van der Waals surface area contributed by atoms with Crippen LogP contribution >= 0.6 is 0 Å². The number of rotatable bonds is 7. The number of hydrogen-bond acceptors (Lipinski definition) is 5. The van der Waals surface area contributed by atoms with E-state index in [2.05, 4.69) is 10.3 Å².